The molecule has 0 saturated carbocycles. The van der Waals surface area contributed by atoms with Gasteiger partial charge < -0.3 is 5.32 Å². The molecule has 3 amide bonds. The van der Waals surface area contributed by atoms with E-state index in [4.69, 9.17) is 0 Å². The van der Waals surface area contributed by atoms with Crippen molar-refractivity contribution in [1.29, 1.82) is 0 Å². The van der Waals surface area contributed by atoms with Gasteiger partial charge in [-0.15, -0.1) is 5.10 Å². The smallest absolute Gasteiger partial charge is 0.308 e. The summed E-state index contributed by atoms with van der Waals surface area (Å²) in [5.41, 5.74) is 1.46. The maximum absolute atomic E-state index is 11.8. The molecule has 3 N–H and O–H groups in total. The van der Waals surface area contributed by atoms with E-state index in [0.29, 0.717) is 16.7 Å². The molecule has 0 bridgehead atoms. The van der Waals surface area contributed by atoms with E-state index in [-0.39, 0.29) is 5.75 Å². The van der Waals surface area contributed by atoms with E-state index in [1.807, 2.05) is 6.07 Å². The summed E-state index contributed by atoms with van der Waals surface area (Å²) >= 11 is 1.13. The molecule has 25 heavy (non-hydrogen) atoms. The number of H-pyrrole nitrogens is 1. The Morgan fingerprint density at radius 2 is 1.84 bits per heavy atom. The average Bonchev–Trinajstić information content (AvgIpc) is 3.10. The van der Waals surface area contributed by atoms with Crippen LogP contribution in [0.2, 0.25) is 0 Å². The zero-order chi connectivity index (χ0) is 17.5. The van der Waals surface area contributed by atoms with Crippen molar-refractivity contribution in [2.45, 2.75) is 5.16 Å². The Hall–Kier alpha value is -3.20. The summed E-state index contributed by atoms with van der Waals surface area (Å²) in [6, 6.07) is 11.9. The number of nitrogens with zero attached hydrogens (tertiary/aromatic N) is 3. The SMILES string of the molecule is O=C(CSc1n[nH]c(-c2ccncc2)n1)NC(=O)Nc1ccccc1. The zero-order valence-electron chi connectivity index (χ0n) is 13.0. The molecule has 9 heteroatoms. The number of rotatable bonds is 5. The Balaban J connectivity index is 1.48. The van der Waals surface area contributed by atoms with Crippen LogP contribution in [0.3, 0.4) is 0 Å². The van der Waals surface area contributed by atoms with Gasteiger partial charge in [-0.05, 0) is 24.3 Å². The highest BCUT2D eigenvalue weighted by atomic mass is 32.2. The number of nitrogens with one attached hydrogen (secondary N) is 3. The van der Waals surface area contributed by atoms with Crippen LogP contribution < -0.4 is 10.6 Å². The summed E-state index contributed by atoms with van der Waals surface area (Å²) in [5, 5.41) is 12.1. The molecule has 2 heterocycles. The van der Waals surface area contributed by atoms with E-state index in [9.17, 15) is 9.59 Å². The van der Waals surface area contributed by atoms with Gasteiger partial charge in [-0.25, -0.2) is 9.78 Å². The first-order valence-corrected chi connectivity index (χ1v) is 8.31. The minimum Gasteiger partial charge on any atom is -0.308 e. The molecule has 3 rings (SSSR count). The molecule has 0 aliphatic rings. The number of anilines is 1. The number of urea groups is 1. The number of benzene rings is 1. The molecule has 0 aliphatic heterocycles. The fourth-order valence-corrected chi connectivity index (χ4v) is 2.52. The number of aromatic nitrogens is 4. The third kappa shape index (κ3) is 4.88. The maximum Gasteiger partial charge on any atom is 0.325 e. The molecule has 126 valence electrons. The van der Waals surface area contributed by atoms with Crippen LogP contribution in [0.1, 0.15) is 0 Å². The second-order valence-corrected chi connectivity index (χ2v) is 5.80. The van der Waals surface area contributed by atoms with Gasteiger partial charge in [0.2, 0.25) is 11.1 Å². The molecule has 3 aromatic rings. The number of imide groups is 1. The van der Waals surface area contributed by atoms with Crippen molar-refractivity contribution in [3.8, 4) is 11.4 Å². The maximum atomic E-state index is 11.8. The van der Waals surface area contributed by atoms with Crippen molar-refractivity contribution >= 4 is 29.4 Å². The number of carbonyl (C=O) groups excluding carboxylic acids is 2. The standard InChI is InChI=1S/C16H14N6O2S/c23-13(19-15(24)18-12-4-2-1-3-5-12)10-25-16-20-14(21-22-16)11-6-8-17-9-7-11/h1-9H,10H2,(H,20,21,22)(H2,18,19,23,24). The lowest BCUT2D eigenvalue weighted by Gasteiger charge is -2.05. The molecule has 0 fully saturated rings. The van der Waals surface area contributed by atoms with Crippen LogP contribution in [-0.4, -0.2) is 37.9 Å². The number of pyridine rings is 1. The van der Waals surface area contributed by atoms with Crippen molar-refractivity contribution in [2.24, 2.45) is 0 Å². The van der Waals surface area contributed by atoms with Gasteiger partial charge in [-0.1, -0.05) is 30.0 Å². The fraction of sp³-hybridized carbons (Fsp3) is 0.0625. The van der Waals surface area contributed by atoms with Gasteiger partial charge in [0.05, 0.1) is 5.75 Å². The van der Waals surface area contributed by atoms with Gasteiger partial charge in [0, 0.05) is 23.6 Å². The Bertz CT molecular complexity index is 853. The second kappa shape index (κ2) is 8.06. The molecular formula is C16H14N6O2S. The summed E-state index contributed by atoms with van der Waals surface area (Å²) in [4.78, 5) is 31.8. The summed E-state index contributed by atoms with van der Waals surface area (Å²) in [5.74, 6) is 0.177. The van der Waals surface area contributed by atoms with Crippen LogP contribution in [0, 0.1) is 0 Å². The van der Waals surface area contributed by atoms with Gasteiger partial charge in [0.1, 0.15) is 0 Å². The second-order valence-electron chi connectivity index (χ2n) is 4.86. The first-order chi connectivity index (χ1) is 12.2. The molecule has 8 nitrogen and oxygen atoms in total. The Kier molecular flexibility index (Phi) is 5.37. The lowest BCUT2D eigenvalue weighted by atomic mass is 10.3. The molecule has 0 radical (unpaired) electrons. The van der Waals surface area contributed by atoms with Gasteiger partial charge in [-0.2, -0.15) is 0 Å². The number of hydrogen-bond acceptors (Lipinski definition) is 6. The summed E-state index contributed by atoms with van der Waals surface area (Å²) in [6.45, 7) is 0. The minimum atomic E-state index is -0.579. The van der Waals surface area contributed by atoms with Crippen LogP contribution >= 0.6 is 11.8 Å². The van der Waals surface area contributed by atoms with Crippen LogP contribution in [0.15, 0.2) is 60.0 Å². The Morgan fingerprint density at radius 3 is 2.60 bits per heavy atom. The predicted octanol–water partition coefficient (Wildman–Crippen LogP) is 2.31. The van der Waals surface area contributed by atoms with Crippen LogP contribution in [0.5, 0.6) is 0 Å². The third-order valence-electron chi connectivity index (χ3n) is 3.04. The van der Waals surface area contributed by atoms with Crippen LogP contribution in [-0.2, 0) is 4.79 Å². The lowest BCUT2D eigenvalue weighted by molar-refractivity contribution is -0.117. The van der Waals surface area contributed by atoms with Crippen molar-refractivity contribution in [3.05, 3.63) is 54.9 Å². The monoisotopic (exact) mass is 354 g/mol. The van der Waals surface area contributed by atoms with Gasteiger partial charge in [0.15, 0.2) is 5.82 Å². The highest BCUT2D eigenvalue weighted by Gasteiger charge is 2.11. The molecule has 0 saturated heterocycles. The van der Waals surface area contributed by atoms with Crippen LogP contribution in [0.25, 0.3) is 11.4 Å². The number of hydrogen-bond donors (Lipinski definition) is 3. The topological polar surface area (TPSA) is 113 Å². The number of aromatic amines is 1. The first kappa shape index (κ1) is 16.7. The van der Waals surface area contributed by atoms with Crippen molar-refractivity contribution < 1.29 is 9.59 Å². The number of para-hydroxylation sites is 1. The molecule has 0 spiro atoms. The fourth-order valence-electron chi connectivity index (χ4n) is 1.93. The summed E-state index contributed by atoms with van der Waals surface area (Å²) < 4.78 is 0. The van der Waals surface area contributed by atoms with E-state index in [1.54, 1.807) is 48.8 Å². The molecular weight excluding hydrogens is 340 g/mol. The Labute approximate surface area is 147 Å². The molecule has 1 aromatic carbocycles. The van der Waals surface area contributed by atoms with E-state index >= 15 is 0 Å². The van der Waals surface area contributed by atoms with Gasteiger partial charge >= 0.3 is 6.03 Å². The lowest BCUT2D eigenvalue weighted by Crippen LogP contribution is -2.35. The summed E-state index contributed by atoms with van der Waals surface area (Å²) in [6.07, 6.45) is 3.31. The van der Waals surface area contributed by atoms with E-state index in [1.165, 1.54) is 0 Å². The largest absolute Gasteiger partial charge is 0.325 e. The normalized spacial score (nSPS) is 10.2. The summed E-state index contributed by atoms with van der Waals surface area (Å²) in [7, 11) is 0. The van der Waals surface area contributed by atoms with Crippen molar-refractivity contribution in [3.63, 3.8) is 0 Å². The first-order valence-electron chi connectivity index (χ1n) is 7.32. The number of thioether (sulfide) groups is 1. The molecule has 0 unspecified atom stereocenters. The molecule has 2 aromatic heterocycles. The quantitative estimate of drug-likeness (QED) is 0.606. The average molecular weight is 354 g/mol. The zero-order valence-corrected chi connectivity index (χ0v) is 13.8. The third-order valence-corrected chi connectivity index (χ3v) is 3.88. The van der Waals surface area contributed by atoms with Crippen molar-refractivity contribution in [2.75, 3.05) is 11.1 Å². The van der Waals surface area contributed by atoms with E-state index in [0.717, 1.165) is 17.3 Å². The van der Waals surface area contributed by atoms with Gasteiger partial charge in [0.25, 0.3) is 0 Å². The van der Waals surface area contributed by atoms with E-state index < -0.39 is 11.9 Å². The van der Waals surface area contributed by atoms with Gasteiger partial charge in [-0.3, -0.25) is 20.2 Å². The minimum absolute atomic E-state index is 0.0237. The molecule has 0 atom stereocenters. The van der Waals surface area contributed by atoms with Crippen LogP contribution in [0.4, 0.5) is 10.5 Å². The predicted molar refractivity (Wildman–Crippen MR) is 93.9 cm³/mol. The number of carbonyl (C=O) groups is 2. The highest BCUT2D eigenvalue weighted by Crippen LogP contribution is 2.18. The van der Waals surface area contributed by atoms with Crippen molar-refractivity contribution in [1.82, 2.24) is 25.5 Å². The molecule has 0 aliphatic carbocycles. The Morgan fingerprint density at radius 1 is 1.08 bits per heavy atom. The highest BCUT2D eigenvalue weighted by molar-refractivity contribution is 7.99. The number of amides is 3. The van der Waals surface area contributed by atoms with E-state index in [2.05, 4.69) is 30.8 Å².